The molecule has 4 rings (SSSR count). The van der Waals surface area contributed by atoms with Gasteiger partial charge in [0.1, 0.15) is 6.04 Å². The molecular weight excluding hydrogens is 320 g/mol. The van der Waals surface area contributed by atoms with Gasteiger partial charge in [-0.1, -0.05) is 30.3 Å². The van der Waals surface area contributed by atoms with Crippen LogP contribution in [0.1, 0.15) is 21.8 Å². The molecule has 1 saturated heterocycles. The zero-order valence-electron chi connectivity index (χ0n) is 13.3. The predicted molar refractivity (Wildman–Crippen MR) is 88.2 cm³/mol. The zero-order chi connectivity index (χ0) is 17.4. The maximum absolute atomic E-state index is 12.9. The van der Waals surface area contributed by atoms with Crippen molar-refractivity contribution >= 4 is 5.91 Å². The minimum Gasteiger partial charge on any atom is -0.454 e. The lowest BCUT2D eigenvalue weighted by atomic mass is 9.75. The zero-order valence-corrected chi connectivity index (χ0v) is 13.3. The highest BCUT2D eigenvalue weighted by Gasteiger charge is 2.51. The van der Waals surface area contributed by atoms with E-state index in [-0.39, 0.29) is 25.2 Å². The maximum atomic E-state index is 12.9. The Labute approximate surface area is 144 Å². The summed E-state index contributed by atoms with van der Waals surface area (Å²) in [6.07, 6.45) is 0. The first-order valence-electron chi connectivity index (χ1n) is 8.02. The molecule has 0 saturated carbocycles. The molecule has 0 spiro atoms. The molecular formula is C19H16N2O4. The molecule has 1 N–H and O–H groups in total. The van der Waals surface area contributed by atoms with Gasteiger partial charge in [0.2, 0.25) is 6.79 Å². The Hall–Kier alpha value is -3.04. The number of hydrogen-bond acceptors (Lipinski definition) is 5. The summed E-state index contributed by atoms with van der Waals surface area (Å²) < 4.78 is 10.6. The van der Waals surface area contributed by atoms with E-state index in [0.717, 1.165) is 5.56 Å². The lowest BCUT2D eigenvalue weighted by Crippen LogP contribution is -2.65. The van der Waals surface area contributed by atoms with Crippen LogP contribution in [0.15, 0.2) is 48.5 Å². The van der Waals surface area contributed by atoms with Crippen molar-refractivity contribution in [3.63, 3.8) is 0 Å². The average Bonchev–Trinajstić information content (AvgIpc) is 3.10. The Morgan fingerprint density at radius 1 is 1.20 bits per heavy atom. The molecule has 1 fully saturated rings. The molecule has 0 bridgehead atoms. The van der Waals surface area contributed by atoms with Crippen LogP contribution < -0.4 is 9.47 Å². The molecule has 126 valence electrons. The van der Waals surface area contributed by atoms with Gasteiger partial charge in [-0.15, -0.1) is 0 Å². The number of nitriles is 1. The molecule has 0 aliphatic carbocycles. The summed E-state index contributed by atoms with van der Waals surface area (Å²) in [5.41, 5.74) is 1.36. The second-order valence-electron chi connectivity index (χ2n) is 6.04. The molecule has 6 nitrogen and oxygen atoms in total. The monoisotopic (exact) mass is 336 g/mol. The standard InChI is InChI=1S/C19H16N2O4/c20-9-14-18(12-4-2-1-3-5-12)15(10-22)21(14)19(23)13-6-7-16-17(8-13)25-11-24-16/h1-8,14-15,18,22H,10-11H2/t14-,15-,18+/m1/s1. The third-order valence-electron chi connectivity index (χ3n) is 4.77. The smallest absolute Gasteiger partial charge is 0.255 e. The number of carbonyl (C=O) groups is 1. The summed E-state index contributed by atoms with van der Waals surface area (Å²) >= 11 is 0. The highest BCUT2D eigenvalue weighted by Crippen LogP contribution is 2.42. The van der Waals surface area contributed by atoms with Crippen LogP contribution >= 0.6 is 0 Å². The van der Waals surface area contributed by atoms with E-state index < -0.39 is 12.1 Å². The molecule has 2 aromatic rings. The Bertz CT molecular complexity index is 846. The lowest BCUT2D eigenvalue weighted by Gasteiger charge is -2.51. The van der Waals surface area contributed by atoms with E-state index >= 15 is 0 Å². The fourth-order valence-electron chi connectivity index (χ4n) is 3.54. The Morgan fingerprint density at radius 3 is 2.68 bits per heavy atom. The summed E-state index contributed by atoms with van der Waals surface area (Å²) in [6.45, 7) is -0.0686. The average molecular weight is 336 g/mol. The first-order valence-corrected chi connectivity index (χ1v) is 8.02. The number of aliphatic hydroxyl groups excluding tert-OH is 1. The molecule has 25 heavy (non-hydrogen) atoms. The van der Waals surface area contributed by atoms with Crippen molar-refractivity contribution in [3.05, 3.63) is 59.7 Å². The van der Waals surface area contributed by atoms with Crippen LogP contribution in [-0.4, -0.2) is 41.4 Å². The molecule has 2 aliphatic rings. The third kappa shape index (κ3) is 2.41. The number of fused-ring (bicyclic) bond motifs is 1. The molecule has 0 radical (unpaired) electrons. The van der Waals surface area contributed by atoms with Crippen molar-refractivity contribution in [2.75, 3.05) is 13.4 Å². The number of likely N-dealkylation sites (tertiary alicyclic amines) is 1. The van der Waals surface area contributed by atoms with E-state index in [1.807, 2.05) is 30.3 Å². The van der Waals surface area contributed by atoms with E-state index in [2.05, 4.69) is 6.07 Å². The summed E-state index contributed by atoms with van der Waals surface area (Å²) in [6, 6.07) is 15.6. The van der Waals surface area contributed by atoms with E-state index in [9.17, 15) is 15.2 Å². The maximum Gasteiger partial charge on any atom is 0.255 e. The van der Waals surface area contributed by atoms with Crippen molar-refractivity contribution in [2.24, 2.45) is 0 Å². The van der Waals surface area contributed by atoms with Gasteiger partial charge < -0.3 is 19.5 Å². The number of hydrogen-bond donors (Lipinski definition) is 1. The quantitative estimate of drug-likeness (QED) is 0.926. The van der Waals surface area contributed by atoms with E-state index in [0.29, 0.717) is 17.1 Å². The normalized spacial score (nSPS) is 23.7. The van der Waals surface area contributed by atoms with Gasteiger partial charge in [0.25, 0.3) is 5.91 Å². The number of ether oxygens (including phenoxy) is 2. The number of benzene rings is 2. The molecule has 1 amide bonds. The molecule has 2 aliphatic heterocycles. The first-order chi connectivity index (χ1) is 12.2. The van der Waals surface area contributed by atoms with E-state index in [4.69, 9.17) is 9.47 Å². The van der Waals surface area contributed by atoms with Gasteiger partial charge in [-0.05, 0) is 23.8 Å². The van der Waals surface area contributed by atoms with Crippen molar-refractivity contribution in [1.29, 1.82) is 5.26 Å². The van der Waals surface area contributed by atoms with Crippen molar-refractivity contribution < 1.29 is 19.4 Å². The van der Waals surface area contributed by atoms with Crippen LogP contribution in [-0.2, 0) is 0 Å². The van der Waals surface area contributed by atoms with Crippen LogP contribution in [0.2, 0.25) is 0 Å². The van der Waals surface area contributed by atoms with Crippen molar-refractivity contribution in [3.8, 4) is 17.6 Å². The number of nitrogens with zero attached hydrogens (tertiary/aromatic N) is 2. The number of rotatable bonds is 3. The summed E-state index contributed by atoms with van der Waals surface area (Å²) in [5, 5.41) is 19.4. The Balaban J connectivity index is 1.63. The second kappa shape index (κ2) is 6.11. The first kappa shape index (κ1) is 15.5. The lowest BCUT2D eigenvalue weighted by molar-refractivity contribution is -0.00586. The molecule has 0 unspecified atom stereocenters. The van der Waals surface area contributed by atoms with Gasteiger partial charge in [-0.25, -0.2) is 0 Å². The summed E-state index contributed by atoms with van der Waals surface area (Å²) in [5.74, 6) is 0.614. The largest absolute Gasteiger partial charge is 0.454 e. The molecule has 6 heteroatoms. The highest BCUT2D eigenvalue weighted by molar-refractivity contribution is 5.96. The van der Waals surface area contributed by atoms with E-state index in [1.54, 1.807) is 18.2 Å². The van der Waals surface area contributed by atoms with Gasteiger partial charge in [0.15, 0.2) is 11.5 Å². The Morgan fingerprint density at radius 2 is 1.96 bits per heavy atom. The fourth-order valence-corrected chi connectivity index (χ4v) is 3.54. The number of aliphatic hydroxyl groups is 1. The van der Waals surface area contributed by atoms with Crippen LogP contribution in [0, 0.1) is 11.3 Å². The van der Waals surface area contributed by atoms with Crippen LogP contribution in [0.25, 0.3) is 0 Å². The SMILES string of the molecule is N#C[C@@H]1[C@H](c2ccccc2)[C@@H](CO)N1C(=O)c1ccc2c(c1)OCO2. The minimum absolute atomic E-state index is 0.132. The predicted octanol–water partition coefficient (Wildman–Crippen LogP) is 1.91. The van der Waals surface area contributed by atoms with Crippen LogP contribution in [0.4, 0.5) is 0 Å². The van der Waals surface area contributed by atoms with Gasteiger partial charge in [0, 0.05) is 11.5 Å². The van der Waals surface area contributed by atoms with Crippen LogP contribution in [0.5, 0.6) is 11.5 Å². The highest BCUT2D eigenvalue weighted by atomic mass is 16.7. The molecule has 2 heterocycles. The number of amides is 1. The van der Waals surface area contributed by atoms with Gasteiger partial charge in [0.05, 0.1) is 18.7 Å². The Kier molecular flexibility index (Phi) is 3.79. The topological polar surface area (TPSA) is 82.8 Å². The third-order valence-corrected chi connectivity index (χ3v) is 4.77. The van der Waals surface area contributed by atoms with Crippen molar-refractivity contribution in [2.45, 2.75) is 18.0 Å². The number of carbonyl (C=O) groups excluding carboxylic acids is 1. The van der Waals surface area contributed by atoms with Crippen LogP contribution in [0.3, 0.4) is 0 Å². The summed E-state index contributed by atoms with van der Waals surface area (Å²) in [7, 11) is 0. The molecule has 2 aromatic carbocycles. The second-order valence-corrected chi connectivity index (χ2v) is 6.04. The van der Waals surface area contributed by atoms with Gasteiger partial charge in [-0.2, -0.15) is 5.26 Å². The van der Waals surface area contributed by atoms with E-state index in [1.165, 1.54) is 4.90 Å². The van der Waals surface area contributed by atoms with Gasteiger partial charge >= 0.3 is 0 Å². The summed E-state index contributed by atoms with van der Waals surface area (Å²) in [4.78, 5) is 14.4. The fraction of sp³-hybridized carbons (Fsp3) is 0.263. The van der Waals surface area contributed by atoms with Gasteiger partial charge in [-0.3, -0.25) is 4.79 Å². The van der Waals surface area contributed by atoms with Crippen molar-refractivity contribution in [1.82, 2.24) is 4.90 Å². The molecule has 0 aromatic heterocycles. The minimum atomic E-state index is -0.613. The molecule has 3 atom stereocenters.